The van der Waals surface area contributed by atoms with E-state index in [9.17, 15) is 0 Å². The summed E-state index contributed by atoms with van der Waals surface area (Å²) in [6.45, 7) is 5.59. The molecular weight excluding hydrogens is 246 g/mol. The van der Waals surface area contributed by atoms with Crippen LogP contribution >= 0.6 is 11.6 Å². The Bertz CT molecular complexity index is 355. The Labute approximate surface area is 115 Å². The van der Waals surface area contributed by atoms with Gasteiger partial charge in [0.2, 0.25) is 0 Å². The van der Waals surface area contributed by atoms with Crippen LogP contribution in [0.5, 0.6) is 0 Å². The average molecular weight is 270 g/mol. The minimum atomic E-state index is 0.338. The van der Waals surface area contributed by atoms with E-state index in [4.69, 9.17) is 16.0 Å². The Balaban J connectivity index is 2.04. The van der Waals surface area contributed by atoms with Crippen molar-refractivity contribution < 1.29 is 4.42 Å². The molecule has 102 valence electrons. The van der Waals surface area contributed by atoms with Crippen LogP contribution in [0.15, 0.2) is 16.5 Å². The zero-order valence-corrected chi connectivity index (χ0v) is 12.2. The normalized spacial score (nSPS) is 26.2. The fraction of sp³-hybridized carbons (Fsp3) is 0.733. The molecular formula is C15H24ClNO. The quantitative estimate of drug-likeness (QED) is 0.831. The molecule has 1 atom stereocenters. The Morgan fingerprint density at radius 2 is 2.06 bits per heavy atom. The molecule has 0 amide bonds. The predicted octanol–water partition coefficient (Wildman–Crippen LogP) is 4.80. The number of nitrogens with one attached hydrogen (secondary N) is 1. The first-order chi connectivity index (χ1) is 8.70. The molecule has 1 aliphatic rings. The average Bonchev–Trinajstić information content (AvgIpc) is 2.78. The van der Waals surface area contributed by atoms with Crippen LogP contribution in [0.1, 0.15) is 57.8 Å². The lowest BCUT2D eigenvalue weighted by Gasteiger charge is -2.32. The van der Waals surface area contributed by atoms with Gasteiger partial charge >= 0.3 is 0 Å². The van der Waals surface area contributed by atoms with E-state index >= 15 is 0 Å². The molecule has 2 rings (SSSR count). The minimum absolute atomic E-state index is 0.338. The summed E-state index contributed by atoms with van der Waals surface area (Å²) in [6, 6.07) is 4.21. The third-order valence-corrected chi connectivity index (χ3v) is 4.25. The van der Waals surface area contributed by atoms with Crippen LogP contribution in [-0.2, 0) is 0 Å². The second-order valence-electron chi connectivity index (χ2n) is 5.59. The van der Waals surface area contributed by atoms with E-state index < -0.39 is 0 Å². The highest BCUT2D eigenvalue weighted by Gasteiger charge is 2.28. The summed E-state index contributed by atoms with van der Waals surface area (Å²) >= 11 is 5.91. The van der Waals surface area contributed by atoms with Gasteiger partial charge in [-0.3, -0.25) is 0 Å². The summed E-state index contributed by atoms with van der Waals surface area (Å²) in [5.41, 5.74) is 0. The number of hydrogen-bond acceptors (Lipinski definition) is 2. The first kappa shape index (κ1) is 14.0. The van der Waals surface area contributed by atoms with Crippen molar-refractivity contribution in [2.24, 2.45) is 11.8 Å². The molecule has 1 aromatic rings. The van der Waals surface area contributed by atoms with Crippen molar-refractivity contribution in [3.63, 3.8) is 0 Å². The van der Waals surface area contributed by atoms with Gasteiger partial charge in [-0.1, -0.05) is 26.7 Å². The van der Waals surface area contributed by atoms with E-state index in [0.717, 1.165) is 24.6 Å². The van der Waals surface area contributed by atoms with E-state index in [2.05, 4.69) is 19.2 Å². The number of furan rings is 1. The van der Waals surface area contributed by atoms with Gasteiger partial charge in [0.15, 0.2) is 5.22 Å². The van der Waals surface area contributed by atoms with Crippen LogP contribution < -0.4 is 5.32 Å². The summed E-state index contributed by atoms with van der Waals surface area (Å²) < 4.78 is 5.63. The Hall–Kier alpha value is -0.470. The van der Waals surface area contributed by atoms with E-state index in [0.29, 0.717) is 17.2 Å². The van der Waals surface area contributed by atoms with Crippen molar-refractivity contribution in [2.75, 3.05) is 6.54 Å². The standard InChI is InChI=1S/C15H24ClNO/c1-3-10-17-15(13-8-9-14(16)18-13)12-6-4-11(2)5-7-12/h8-9,11-12,15,17H,3-7,10H2,1-2H3. The van der Waals surface area contributed by atoms with Gasteiger partial charge in [0.05, 0.1) is 6.04 Å². The highest BCUT2D eigenvalue weighted by atomic mass is 35.5. The summed E-state index contributed by atoms with van der Waals surface area (Å²) in [5, 5.41) is 4.13. The molecule has 0 spiro atoms. The Morgan fingerprint density at radius 1 is 1.33 bits per heavy atom. The molecule has 1 aliphatic carbocycles. The number of halogens is 1. The van der Waals surface area contributed by atoms with Gasteiger partial charge in [-0.2, -0.15) is 0 Å². The molecule has 2 nitrogen and oxygen atoms in total. The zero-order valence-electron chi connectivity index (χ0n) is 11.4. The van der Waals surface area contributed by atoms with Crippen LogP contribution in [0.2, 0.25) is 5.22 Å². The highest BCUT2D eigenvalue weighted by Crippen LogP contribution is 2.37. The number of rotatable bonds is 5. The van der Waals surface area contributed by atoms with Crippen LogP contribution in [0.25, 0.3) is 0 Å². The van der Waals surface area contributed by atoms with Crippen LogP contribution in [0.3, 0.4) is 0 Å². The maximum absolute atomic E-state index is 5.91. The molecule has 1 saturated carbocycles. The molecule has 0 radical (unpaired) electrons. The summed E-state index contributed by atoms with van der Waals surface area (Å²) in [4.78, 5) is 0. The molecule has 18 heavy (non-hydrogen) atoms. The molecule has 0 aliphatic heterocycles. The smallest absolute Gasteiger partial charge is 0.193 e. The van der Waals surface area contributed by atoms with Crippen molar-refractivity contribution in [3.8, 4) is 0 Å². The maximum atomic E-state index is 5.91. The lowest BCUT2D eigenvalue weighted by molar-refractivity contribution is 0.213. The third kappa shape index (κ3) is 3.52. The molecule has 1 aromatic heterocycles. The second-order valence-corrected chi connectivity index (χ2v) is 5.97. The maximum Gasteiger partial charge on any atom is 0.193 e. The number of hydrogen-bond donors (Lipinski definition) is 1. The van der Waals surface area contributed by atoms with Crippen molar-refractivity contribution >= 4 is 11.6 Å². The monoisotopic (exact) mass is 269 g/mol. The fourth-order valence-corrected chi connectivity index (χ4v) is 3.07. The molecule has 0 saturated heterocycles. The van der Waals surface area contributed by atoms with Gasteiger partial charge in [-0.05, 0) is 61.4 Å². The van der Waals surface area contributed by atoms with Gasteiger partial charge < -0.3 is 9.73 Å². The molecule has 1 fully saturated rings. The Morgan fingerprint density at radius 3 is 2.61 bits per heavy atom. The molecule has 0 bridgehead atoms. The molecule has 1 unspecified atom stereocenters. The fourth-order valence-electron chi connectivity index (χ4n) is 2.91. The molecule has 1 N–H and O–H groups in total. The van der Waals surface area contributed by atoms with Crippen molar-refractivity contribution in [3.05, 3.63) is 23.1 Å². The van der Waals surface area contributed by atoms with E-state index in [1.165, 1.54) is 25.7 Å². The SMILES string of the molecule is CCCNC(c1ccc(Cl)o1)C1CCC(C)CC1. The summed E-state index contributed by atoms with van der Waals surface area (Å²) in [6.07, 6.45) is 6.41. The lowest BCUT2D eigenvalue weighted by atomic mass is 9.78. The summed E-state index contributed by atoms with van der Waals surface area (Å²) in [7, 11) is 0. The van der Waals surface area contributed by atoms with Crippen molar-refractivity contribution in [1.29, 1.82) is 0 Å². The van der Waals surface area contributed by atoms with Crippen LogP contribution in [0, 0.1) is 11.8 Å². The van der Waals surface area contributed by atoms with Gasteiger partial charge in [-0.15, -0.1) is 0 Å². The van der Waals surface area contributed by atoms with Gasteiger partial charge in [0.25, 0.3) is 0 Å². The van der Waals surface area contributed by atoms with Gasteiger partial charge in [-0.25, -0.2) is 0 Å². The van der Waals surface area contributed by atoms with Crippen LogP contribution in [0.4, 0.5) is 0 Å². The topological polar surface area (TPSA) is 25.2 Å². The van der Waals surface area contributed by atoms with Crippen LogP contribution in [-0.4, -0.2) is 6.54 Å². The van der Waals surface area contributed by atoms with E-state index in [1.807, 2.05) is 12.1 Å². The van der Waals surface area contributed by atoms with Crippen molar-refractivity contribution in [2.45, 2.75) is 52.0 Å². The third-order valence-electron chi connectivity index (χ3n) is 4.05. The van der Waals surface area contributed by atoms with E-state index in [1.54, 1.807) is 0 Å². The van der Waals surface area contributed by atoms with Crippen molar-refractivity contribution in [1.82, 2.24) is 5.32 Å². The van der Waals surface area contributed by atoms with Gasteiger partial charge in [0.1, 0.15) is 5.76 Å². The predicted molar refractivity (Wildman–Crippen MR) is 75.9 cm³/mol. The van der Waals surface area contributed by atoms with Gasteiger partial charge in [0, 0.05) is 0 Å². The zero-order chi connectivity index (χ0) is 13.0. The largest absolute Gasteiger partial charge is 0.448 e. The molecule has 1 heterocycles. The van der Waals surface area contributed by atoms with E-state index in [-0.39, 0.29) is 0 Å². The lowest BCUT2D eigenvalue weighted by Crippen LogP contribution is -2.31. The first-order valence-electron chi connectivity index (χ1n) is 7.19. The minimum Gasteiger partial charge on any atom is -0.448 e. The molecule has 3 heteroatoms. The first-order valence-corrected chi connectivity index (χ1v) is 7.57. The second kappa shape index (κ2) is 6.63. The highest BCUT2D eigenvalue weighted by molar-refractivity contribution is 6.28. The summed E-state index contributed by atoms with van der Waals surface area (Å²) in [5.74, 6) is 2.58. The molecule has 0 aromatic carbocycles. The Kier molecular flexibility index (Phi) is 5.13.